The standard InChI is InChI=1S/C18H25NO7/c1-18(2,3)26-17(22)19-10-12(8-13(19)16(20)21)25-11-6-7-14(23-4)15(9-11)24-5/h6-7,9,12-13H,8,10H2,1-5H3,(H,20,21)/t12-,13-/m0/s1. The van der Waals surface area contributed by atoms with Crippen LogP contribution in [0.5, 0.6) is 17.2 Å². The van der Waals surface area contributed by atoms with Crippen LogP contribution in [0.3, 0.4) is 0 Å². The fraction of sp³-hybridized carbons (Fsp3) is 0.556. The molecule has 26 heavy (non-hydrogen) atoms. The van der Waals surface area contributed by atoms with Gasteiger partial charge in [-0.1, -0.05) is 0 Å². The van der Waals surface area contributed by atoms with E-state index in [1.807, 2.05) is 0 Å². The summed E-state index contributed by atoms with van der Waals surface area (Å²) in [5, 5.41) is 9.42. The van der Waals surface area contributed by atoms with Crippen LogP contribution in [0.1, 0.15) is 27.2 Å². The Kier molecular flexibility index (Phi) is 5.84. The molecule has 144 valence electrons. The number of nitrogens with zero attached hydrogens (tertiary/aromatic N) is 1. The van der Waals surface area contributed by atoms with Gasteiger partial charge in [0.15, 0.2) is 11.5 Å². The normalized spacial score (nSPS) is 19.8. The summed E-state index contributed by atoms with van der Waals surface area (Å²) in [4.78, 5) is 25.0. The Morgan fingerprint density at radius 2 is 1.81 bits per heavy atom. The van der Waals surface area contributed by atoms with Gasteiger partial charge >= 0.3 is 12.1 Å². The largest absolute Gasteiger partial charge is 0.493 e. The van der Waals surface area contributed by atoms with E-state index in [9.17, 15) is 14.7 Å². The number of carboxylic acid groups (broad SMARTS) is 1. The zero-order chi connectivity index (χ0) is 19.5. The van der Waals surface area contributed by atoms with Crippen LogP contribution in [0, 0.1) is 0 Å². The summed E-state index contributed by atoms with van der Waals surface area (Å²) in [5.41, 5.74) is -0.706. The molecular formula is C18H25NO7. The minimum Gasteiger partial charge on any atom is -0.493 e. The van der Waals surface area contributed by atoms with E-state index >= 15 is 0 Å². The molecule has 0 spiro atoms. The predicted octanol–water partition coefficient (Wildman–Crippen LogP) is 2.55. The summed E-state index contributed by atoms with van der Waals surface area (Å²) in [6.07, 6.45) is -0.965. The molecule has 0 unspecified atom stereocenters. The number of likely N-dealkylation sites (tertiary alicyclic amines) is 1. The molecule has 1 aromatic rings. The molecule has 1 aliphatic heterocycles. The first kappa shape index (κ1) is 19.7. The molecule has 2 atom stereocenters. The second-order valence-electron chi connectivity index (χ2n) is 6.98. The Morgan fingerprint density at radius 1 is 1.15 bits per heavy atom. The molecule has 1 saturated heterocycles. The molecule has 0 aliphatic carbocycles. The van der Waals surface area contributed by atoms with E-state index in [2.05, 4.69) is 0 Å². The third-order valence-electron chi connectivity index (χ3n) is 3.83. The lowest BCUT2D eigenvalue weighted by molar-refractivity contribution is -0.142. The van der Waals surface area contributed by atoms with Crippen molar-refractivity contribution in [3.05, 3.63) is 18.2 Å². The molecule has 8 nitrogen and oxygen atoms in total. The first-order valence-electron chi connectivity index (χ1n) is 8.25. The van der Waals surface area contributed by atoms with Crippen LogP contribution < -0.4 is 14.2 Å². The minimum atomic E-state index is -1.09. The highest BCUT2D eigenvalue weighted by Gasteiger charge is 2.42. The maximum Gasteiger partial charge on any atom is 0.411 e. The Morgan fingerprint density at radius 3 is 2.35 bits per heavy atom. The maximum absolute atomic E-state index is 12.3. The number of hydrogen-bond donors (Lipinski definition) is 1. The van der Waals surface area contributed by atoms with Gasteiger partial charge in [-0.15, -0.1) is 0 Å². The molecule has 2 rings (SSSR count). The van der Waals surface area contributed by atoms with Gasteiger partial charge in [0, 0.05) is 12.5 Å². The van der Waals surface area contributed by atoms with Crippen molar-refractivity contribution >= 4 is 12.1 Å². The first-order valence-corrected chi connectivity index (χ1v) is 8.25. The molecule has 1 amide bonds. The number of hydrogen-bond acceptors (Lipinski definition) is 6. The van der Waals surface area contributed by atoms with E-state index in [-0.39, 0.29) is 13.0 Å². The van der Waals surface area contributed by atoms with Crippen LogP contribution in [0.25, 0.3) is 0 Å². The van der Waals surface area contributed by atoms with Crippen LogP contribution in [-0.2, 0) is 9.53 Å². The molecule has 1 N–H and O–H groups in total. The van der Waals surface area contributed by atoms with E-state index in [1.165, 1.54) is 19.1 Å². The highest BCUT2D eigenvalue weighted by molar-refractivity contribution is 5.81. The van der Waals surface area contributed by atoms with Crippen LogP contribution in [0.4, 0.5) is 4.79 Å². The molecule has 0 aromatic heterocycles. The van der Waals surface area contributed by atoms with Crippen molar-refractivity contribution in [2.45, 2.75) is 44.9 Å². The van der Waals surface area contributed by atoms with Crippen LogP contribution in [0.15, 0.2) is 18.2 Å². The van der Waals surface area contributed by atoms with E-state index in [0.717, 1.165) is 0 Å². The molecule has 0 bridgehead atoms. The Hall–Kier alpha value is -2.64. The average molecular weight is 367 g/mol. The fourth-order valence-corrected chi connectivity index (χ4v) is 2.72. The number of methoxy groups -OCH3 is 2. The van der Waals surface area contributed by atoms with E-state index in [4.69, 9.17) is 18.9 Å². The fourth-order valence-electron chi connectivity index (χ4n) is 2.72. The molecule has 1 heterocycles. The van der Waals surface area contributed by atoms with Gasteiger partial charge in [-0.25, -0.2) is 9.59 Å². The Labute approximate surface area is 152 Å². The van der Waals surface area contributed by atoms with Crippen LogP contribution >= 0.6 is 0 Å². The molecule has 8 heteroatoms. The van der Waals surface area contributed by atoms with Crippen molar-refractivity contribution in [2.24, 2.45) is 0 Å². The van der Waals surface area contributed by atoms with Gasteiger partial charge in [0.2, 0.25) is 0 Å². The summed E-state index contributed by atoms with van der Waals surface area (Å²) < 4.78 is 21.6. The second kappa shape index (κ2) is 7.72. The van der Waals surface area contributed by atoms with Gasteiger partial charge in [0.1, 0.15) is 23.5 Å². The number of carbonyl (C=O) groups is 2. The highest BCUT2D eigenvalue weighted by atomic mass is 16.6. The van der Waals surface area contributed by atoms with Crippen molar-refractivity contribution in [1.29, 1.82) is 0 Å². The number of benzene rings is 1. The lowest BCUT2D eigenvalue weighted by atomic mass is 10.2. The highest BCUT2D eigenvalue weighted by Crippen LogP contribution is 2.33. The van der Waals surface area contributed by atoms with Crippen molar-refractivity contribution in [2.75, 3.05) is 20.8 Å². The van der Waals surface area contributed by atoms with Gasteiger partial charge < -0.3 is 24.1 Å². The molecular weight excluding hydrogens is 342 g/mol. The molecule has 1 aromatic carbocycles. The smallest absolute Gasteiger partial charge is 0.411 e. The summed E-state index contributed by atoms with van der Waals surface area (Å²) in [5.74, 6) is 0.476. The summed E-state index contributed by atoms with van der Waals surface area (Å²) in [7, 11) is 3.05. The quantitative estimate of drug-likeness (QED) is 0.854. The van der Waals surface area contributed by atoms with Crippen molar-refractivity contribution in [1.82, 2.24) is 4.90 Å². The Bertz CT molecular complexity index is 668. The average Bonchev–Trinajstić information content (AvgIpc) is 2.97. The van der Waals surface area contributed by atoms with Crippen LogP contribution in [0.2, 0.25) is 0 Å². The third-order valence-corrected chi connectivity index (χ3v) is 3.83. The van der Waals surface area contributed by atoms with Gasteiger partial charge in [-0.05, 0) is 32.9 Å². The molecule has 0 radical (unpaired) electrons. The predicted molar refractivity (Wildman–Crippen MR) is 92.9 cm³/mol. The van der Waals surface area contributed by atoms with Gasteiger partial charge in [-0.3, -0.25) is 4.90 Å². The summed E-state index contributed by atoms with van der Waals surface area (Å²) in [6.45, 7) is 5.32. The lowest BCUT2D eigenvalue weighted by Crippen LogP contribution is -2.43. The summed E-state index contributed by atoms with van der Waals surface area (Å²) >= 11 is 0. The van der Waals surface area contributed by atoms with Crippen LogP contribution in [-0.4, -0.2) is 60.6 Å². The number of ether oxygens (including phenoxy) is 4. The maximum atomic E-state index is 12.3. The van der Waals surface area contributed by atoms with E-state index < -0.39 is 29.8 Å². The van der Waals surface area contributed by atoms with E-state index in [0.29, 0.717) is 17.2 Å². The second-order valence-corrected chi connectivity index (χ2v) is 6.98. The molecule has 1 fully saturated rings. The van der Waals surface area contributed by atoms with Gasteiger partial charge in [0.25, 0.3) is 0 Å². The number of rotatable bonds is 5. The SMILES string of the molecule is COc1ccc(O[C@H]2C[C@@H](C(=O)O)N(C(=O)OC(C)(C)C)C2)cc1OC. The number of aliphatic carboxylic acids is 1. The third kappa shape index (κ3) is 4.71. The van der Waals surface area contributed by atoms with Crippen molar-refractivity contribution in [3.63, 3.8) is 0 Å². The monoisotopic (exact) mass is 367 g/mol. The van der Waals surface area contributed by atoms with E-state index in [1.54, 1.807) is 39.0 Å². The number of carboxylic acids is 1. The number of amides is 1. The topological polar surface area (TPSA) is 94.5 Å². The molecule has 0 saturated carbocycles. The zero-order valence-corrected chi connectivity index (χ0v) is 15.6. The molecule has 1 aliphatic rings. The first-order chi connectivity index (χ1) is 12.1. The minimum absolute atomic E-state index is 0.125. The lowest BCUT2D eigenvalue weighted by Gasteiger charge is -2.26. The number of carbonyl (C=O) groups excluding carboxylic acids is 1. The van der Waals surface area contributed by atoms with Gasteiger partial charge in [0.05, 0.1) is 20.8 Å². The van der Waals surface area contributed by atoms with Crippen molar-refractivity contribution in [3.8, 4) is 17.2 Å². The Balaban J connectivity index is 2.12. The summed E-state index contributed by atoms with van der Waals surface area (Å²) in [6, 6.07) is 4.07. The zero-order valence-electron chi connectivity index (χ0n) is 15.6. The van der Waals surface area contributed by atoms with Gasteiger partial charge in [-0.2, -0.15) is 0 Å². The van der Waals surface area contributed by atoms with Crippen molar-refractivity contribution < 1.29 is 33.6 Å².